The van der Waals surface area contributed by atoms with Gasteiger partial charge in [-0.1, -0.05) is 61.0 Å². The molecule has 0 saturated carbocycles. The molecule has 4 rings (SSSR count). The van der Waals surface area contributed by atoms with Gasteiger partial charge in [0.05, 0.1) is 10.2 Å². The van der Waals surface area contributed by atoms with Crippen molar-refractivity contribution in [1.82, 2.24) is 5.32 Å². The average Bonchev–Trinajstić information content (AvgIpc) is 3.01. The van der Waals surface area contributed by atoms with Crippen LogP contribution in [0.25, 0.3) is 6.08 Å². The first kappa shape index (κ1) is 32.0. The summed E-state index contributed by atoms with van der Waals surface area (Å²) in [5.41, 5.74) is 2.42. The van der Waals surface area contributed by atoms with E-state index in [1.165, 1.54) is 36.0 Å². The fraction of sp³-hybridized carbons (Fsp3) is 0.121. The topological polar surface area (TPSA) is 130 Å². The Bertz CT molecular complexity index is 1730. The second-order valence-electron chi connectivity index (χ2n) is 9.64. The van der Waals surface area contributed by atoms with Gasteiger partial charge < -0.3 is 16.0 Å². The van der Waals surface area contributed by atoms with Gasteiger partial charge >= 0.3 is 0 Å². The number of rotatable bonds is 11. The lowest BCUT2D eigenvalue weighted by Crippen LogP contribution is -2.30. The van der Waals surface area contributed by atoms with E-state index in [0.29, 0.717) is 39.5 Å². The Morgan fingerprint density at radius 2 is 1.66 bits per heavy atom. The Morgan fingerprint density at radius 1 is 0.932 bits per heavy atom. The molecule has 0 saturated heterocycles. The number of nitro benzene ring substituents is 1. The van der Waals surface area contributed by atoms with Crippen LogP contribution in [0.15, 0.2) is 108 Å². The van der Waals surface area contributed by atoms with Crippen LogP contribution in [-0.4, -0.2) is 27.9 Å². The summed E-state index contributed by atoms with van der Waals surface area (Å²) in [4.78, 5) is 50.8. The standard InChI is InChI=1S/C33H29ClN4O5S/c1-3-30(33(41)36-28-17-16-25(38(42)43)18-21(28)2)44-26-14-9-13-24(20-26)35-32(40)29(19-23-12-7-8-15-27(23)34)37-31(39)22-10-5-4-6-11-22/h4-20,30H,3H2,1-2H3,(H,35,40)(H,36,41)(H,37,39)/b29-19+. The van der Waals surface area contributed by atoms with Gasteiger partial charge in [-0.05, 0) is 73.0 Å². The van der Waals surface area contributed by atoms with Gasteiger partial charge in [0.2, 0.25) is 5.91 Å². The number of nitrogens with one attached hydrogen (secondary N) is 3. The van der Waals surface area contributed by atoms with Crippen molar-refractivity contribution in [2.24, 2.45) is 0 Å². The molecule has 224 valence electrons. The largest absolute Gasteiger partial charge is 0.325 e. The Kier molecular flexibility index (Phi) is 10.9. The summed E-state index contributed by atoms with van der Waals surface area (Å²) >= 11 is 7.64. The molecule has 11 heteroatoms. The van der Waals surface area contributed by atoms with Crippen molar-refractivity contribution in [1.29, 1.82) is 0 Å². The molecule has 1 atom stereocenters. The summed E-state index contributed by atoms with van der Waals surface area (Å²) in [7, 11) is 0. The lowest BCUT2D eigenvalue weighted by molar-refractivity contribution is -0.384. The number of aryl methyl sites for hydroxylation is 1. The molecule has 4 aromatic rings. The third-order valence-electron chi connectivity index (χ3n) is 6.45. The normalized spacial score (nSPS) is 11.8. The Balaban J connectivity index is 1.50. The van der Waals surface area contributed by atoms with E-state index in [0.717, 1.165) is 4.90 Å². The van der Waals surface area contributed by atoms with Gasteiger partial charge in [0.15, 0.2) is 0 Å². The van der Waals surface area contributed by atoms with Crippen LogP contribution in [0.3, 0.4) is 0 Å². The number of hydrogen-bond donors (Lipinski definition) is 3. The summed E-state index contributed by atoms with van der Waals surface area (Å²) in [5, 5.41) is 19.4. The predicted octanol–water partition coefficient (Wildman–Crippen LogP) is 7.48. The van der Waals surface area contributed by atoms with Crippen molar-refractivity contribution in [2.45, 2.75) is 30.4 Å². The SMILES string of the molecule is CCC(Sc1cccc(NC(=O)/C(=C\c2ccccc2Cl)NC(=O)c2ccccc2)c1)C(=O)Nc1ccc([N+](=O)[O-])cc1C. The maximum atomic E-state index is 13.4. The van der Waals surface area contributed by atoms with Gasteiger partial charge in [0.25, 0.3) is 17.5 Å². The third kappa shape index (κ3) is 8.56. The molecule has 4 aromatic carbocycles. The molecule has 0 radical (unpaired) electrons. The zero-order valence-electron chi connectivity index (χ0n) is 23.9. The van der Waals surface area contributed by atoms with Crippen molar-refractivity contribution in [3.63, 3.8) is 0 Å². The number of non-ortho nitro benzene ring substituents is 1. The summed E-state index contributed by atoms with van der Waals surface area (Å²) in [6, 6.07) is 26.8. The van der Waals surface area contributed by atoms with Crippen molar-refractivity contribution in [3.05, 3.63) is 135 Å². The number of nitrogens with zero attached hydrogens (tertiary/aromatic N) is 1. The van der Waals surface area contributed by atoms with Crippen molar-refractivity contribution < 1.29 is 19.3 Å². The van der Waals surface area contributed by atoms with Crippen LogP contribution < -0.4 is 16.0 Å². The highest BCUT2D eigenvalue weighted by Crippen LogP contribution is 2.30. The molecular weight excluding hydrogens is 600 g/mol. The second kappa shape index (κ2) is 15.0. The van der Waals surface area contributed by atoms with Gasteiger partial charge in [0.1, 0.15) is 5.70 Å². The first-order valence-electron chi connectivity index (χ1n) is 13.6. The van der Waals surface area contributed by atoms with Gasteiger partial charge in [0, 0.05) is 39.0 Å². The zero-order chi connectivity index (χ0) is 31.6. The maximum absolute atomic E-state index is 13.4. The summed E-state index contributed by atoms with van der Waals surface area (Å²) in [6.07, 6.45) is 2.02. The van der Waals surface area contributed by atoms with E-state index < -0.39 is 22.0 Å². The molecule has 9 nitrogen and oxygen atoms in total. The lowest BCUT2D eigenvalue weighted by atomic mass is 10.1. The Hall–Kier alpha value is -4.93. The molecule has 0 aromatic heterocycles. The monoisotopic (exact) mass is 628 g/mol. The maximum Gasteiger partial charge on any atom is 0.272 e. The molecule has 0 bridgehead atoms. The minimum Gasteiger partial charge on any atom is -0.325 e. The highest BCUT2D eigenvalue weighted by molar-refractivity contribution is 8.00. The number of benzene rings is 4. The van der Waals surface area contributed by atoms with Crippen molar-refractivity contribution in [3.8, 4) is 0 Å². The van der Waals surface area contributed by atoms with Crippen molar-refractivity contribution >= 4 is 64.2 Å². The van der Waals surface area contributed by atoms with E-state index >= 15 is 0 Å². The van der Waals surface area contributed by atoms with E-state index in [-0.39, 0.29) is 17.3 Å². The van der Waals surface area contributed by atoms with Gasteiger partial charge in [-0.15, -0.1) is 11.8 Å². The molecule has 0 spiro atoms. The first-order valence-corrected chi connectivity index (χ1v) is 14.9. The van der Waals surface area contributed by atoms with E-state index in [1.54, 1.807) is 79.7 Å². The highest BCUT2D eigenvalue weighted by Gasteiger charge is 2.21. The minimum atomic E-state index is -0.560. The fourth-order valence-corrected chi connectivity index (χ4v) is 5.34. The van der Waals surface area contributed by atoms with E-state index in [4.69, 9.17) is 11.6 Å². The second-order valence-corrected chi connectivity index (χ2v) is 11.3. The molecule has 0 fully saturated rings. The molecule has 0 aliphatic heterocycles. The molecule has 0 heterocycles. The van der Waals surface area contributed by atoms with Crippen molar-refractivity contribution in [2.75, 3.05) is 10.6 Å². The Morgan fingerprint density at radius 3 is 2.34 bits per heavy atom. The third-order valence-corrected chi connectivity index (χ3v) is 8.15. The molecule has 3 N–H and O–H groups in total. The molecule has 3 amide bonds. The van der Waals surface area contributed by atoms with E-state index in [1.807, 2.05) is 13.0 Å². The number of anilines is 2. The number of amides is 3. The number of carbonyl (C=O) groups is 3. The van der Waals surface area contributed by atoms with Crippen LogP contribution >= 0.6 is 23.4 Å². The summed E-state index contributed by atoms with van der Waals surface area (Å²) < 4.78 is 0. The van der Waals surface area contributed by atoms with Gasteiger partial charge in [-0.3, -0.25) is 24.5 Å². The quantitative estimate of drug-likeness (QED) is 0.0683. The van der Waals surface area contributed by atoms with Crippen LogP contribution in [0.2, 0.25) is 5.02 Å². The predicted molar refractivity (Wildman–Crippen MR) is 175 cm³/mol. The van der Waals surface area contributed by atoms with Gasteiger partial charge in [-0.25, -0.2) is 0 Å². The van der Waals surface area contributed by atoms with Crippen LogP contribution in [0.4, 0.5) is 17.1 Å². The van der Waals surface area contributed by atoms with Crippen LogP contribution in [0.5, 0.6) is 0 Å². The first-order chi connectivity index (χ1) is 21.1. The summed E-state index contributed by atoms with van der Waals surface area (Å²) in [6.45, 7) is 3.58. The molecule has 1 unspecified atom stereocenters. The number of carbonyl (C=O) groups excluding carboxylic acids is 3. The smallest absolute Gasteiger partial charge is 0.272 e. The number of thioether (sulfide) groups is 1. The lowest BCUT2D eigenvalue weighted by Gasteiger charge is -2.17. The summed E-state index contributed by atoms with van der Waals surface area (Å²) in [5.74, 6) is -1.27. The number of halogens is 1. The van der Waals surface area contributed by atoms with Crippen LogP contribution in [0, 0.1) is 17.0 Å². The fourth-order valence-electron chi connectivity index (χ4n) is 4.14. The molecule has 0 aliphatic carbocycles. The van der Waals surface area contributed by atoms with E-state index in [9.17, 15) is 24.5 Å². The number of nitro groups is 1. The van der Waals surface area contributed by atoms with E-state index in [2.05, 4.69) is 16.0 Å². The molecular formula is C33H29ClN4O5S. The van der Waals surface area contributed by atoms with Crippen LogP contribution in [-0.2, 0) is 9.59 Å². The van der Waals surface area contributed by atoms with Crippen LogP contribution in [0.1, 0.15) is 34.8 Å². The minimum absolute atomic E-state index is 0.00529. The zero-order valence-corrected chi connectivity index (χ0v) is 25.4. The molecule has 44 heavy (non-hydrogen) atoms. The highest BCUT2D eigenvalue weighted by atomic mass is 35.5. The van der Waals surface area contributed by atoms with Gasteiger partial charge in [-0.2, -0.15) is 0 Å². The molecule has 0 aliphatic rings. The number of hydrogen-bond acceptors (Lipinski definition) is 6. The average molecular weight is 629 g/mol. The Labute approximate surface area is 263 Å².